The van der Waals surface area contributed by atoms with E-state index in [4.69, 9.17) is 4.74 Å². The van der Waals surface area contributed by atoms with E-state index >= 15 is 0 Å². The molecule has 0 saturated carbocycles. The van der Waals surface area contributed by atoms with Crippen LogP contribution in [0.4, 0.5) is 5.95 Å². The van der Waals surface area contributed by atoms with Gasteiger partial charge in [0.1, 0.15) is 5.75 Å². The van der Waals surface area contributed by atoms with Crippen molar-refractivity contribution in [2.45, 2.75) is 26.3 Å². The average Bonchev–Trinajstić information content (AvgIpc) is 2.65. The fourth-order valence-corrected chi connectivity index (χ4v) is 3.24. The first-order chi connectivity index (χ1) is 12.2. The van der Waals surface area contributed by atoms with Crippen molar-refractivity contribution in [3.8, 4) is 5.75 Å². The van der Waals surface area contributed by atoms with Crippen molar-refractivity contribution in [2.24, 2.45) is 0 Å². The molecule has 4 rings (SSSR count). The summed E-state index contributed by atoms with van der Waals surface area (Å²) in [5, 5.41) is 0.626. The van der Waals surface area contributed by atoms with Gasteiger partial charge in [0.2, 0.25) is 5.95 Å². The molecular weight excluding hydrogens is 314 g/mol. The summed E-state index contributed by atoms with van der Waals surface area (Å²) in [6.45, 7) is 4.41. The van der Waals surface area contributed by atoms with Crippen molar-refractivity contribution in [1.82, 2.24) is 9.97 Å². The van der Waals surface area contributed by atoms with Crippen LogP contribution < -0.4 is 15.2 Å². The number of nitrogens with zero attached hydrogens (tertiary/aromatic N) is 2. The zero-order valence-electron chi connectivity index (χ0n) is 14.3. The second-order valence-corrected chi connectivity index (χ2v) is 6.36. The summed E-state index contributed by atoms with van der Waals surface area (Å²) >= 11 is 0. The Morgan fingerprint density at radius 1 is 1.20 bits per heavy atom. The Balaban J connectivity index is 1.61. The van der Waals surface area contributed by atoms with E-state index in [1.165, 1.54) is 11.1 Å². The molecule has 1 aliphatic heterocycles. The van der Waals surface area contributed by atoms with Gasteiger partial charge in [-0.05, 0) is 48.2 Å². The molecule has 0 unspecified atom stereocenters. The summed E-state index contributed by atoms with van der Waals surface area (Å²) in [6, 6.07) is 13.7. The number of aromatic nitrogens is 2. The second kappa shape index (κ2) is 6.59. The number of ether oxygens (including phenoxy) is 1. The maximum Gasteiger partial charge on any atom is 0.260 e. The lowest BCUT2D eigenvalue weighted by atomic mass is 10.00. The van der Waals surface area contributed by atoms with Crippen LogP contribution in [0.15, 0.2) is 47.3 Å². The molecule has 128 valence electrons. The largest absolute Gasteiger partial charge is 0.494 e. The van der Waals surface area contributed by atoms with Crippen molar-refractivity contribution < 1.29 is 4.74 Å². The third-order valence-corrected chi connectivity index (χ3v) is 4.56. The van der Waals surface area contributed by atoms with Gasteiger partial charge in [-0.15, -0.1) is 0 Å². The molecule has 25 heavy (non-hydrogen) atoms. The third kappa shape index (κ3) is 3.09. The summed E-state index contributed by atoms with van der Waals surface area (Å²) in [6.07, 6.45) is 1.92. The van der Waals surface area contributed by atoms with Gasteiger partial charge < -0.3 is 9.64 Å². The quantitative estimate of drug-likeness (QED) is 0.795. The predicted molar refractivity (Wildman–Crippen MR) is 99.3 cm³/mol. The molecule has 3 aromatic rings. The Bertz CT molecular complexity index is 965. The summed E-state index contributed by atoms with van der Waals surface area (Å²) < 4.78 is 5.72. The van der Waals surface area contributed by atoms with Crippen LogP contribution in [0.1, 0.15) is 24.5 Å². The number of benzene rings is 2. The fraction of sp³-hybridized carbons (Fsp3) is 0.300. The maximum absolute atomic E-state index is 12.3. The number of hydrogen-bond donors (Lipinski definition) is 1. The highest BCUT2D eigenvalue weighted by molar-refractivity contribution is 5.78. The van der Waals surface area contributed by atoms with E-state index in [0.717, 1.165) is 43.8 Å². The van der Waals surface area contributed by atoms with Gasteiger partial charge in [0.15, 0.2) is 0 Å². The summed E-state index contributed by atoms with van der Waals surface area (Å²) in [5.41, 5.74) is 3.21. The Morgan fingerprint density at radius 2 is 2.08 bits per heavy atom. The number of anilines is 1. The van der Waals surface area contributed by atoms with Gasteiger partial charge in [0.25, 0.3) is 5.56 Å². The number of nitrogens with one attached hydrogen (secondary N) is 1. The van der Waals surface area contributed by atoms with Crippen molar-refractivity contribution in [2.75, 3.05) is 18.1 Å². The van der Waals surface area contributed by atoms with Gasteiger partial charge in [-0.3, -0.25) is 9.78 Å². The van der Waals surface area contributed by atoms with Crippen LogP contribution in [-0.2, 0) is 13.0 Å². The lowest BCUT2D eigenvalue weighted by molar-refractivity contribution is 0.317. The van der Waals surface area contributed by atoms with Gasteiger partial charge in [0, 0.05) is 13.1 Å². The molecule has 1 aliphatic rings. The van der Waals surface area contributed by atoms with E-state index < -0.39 is 0 Å². The van der Waals surface area contributed by atoms with Crippen LogP contribution in [0.25, 0.3) is 10.9 Å². The zero-order chi connectivity index (χ0) is 17.2. The van der Waals surface area contributed by atoms with E-state index in [2.05, 4.69) is 33.9 Å². The molecule has 0 fully saturated rings. The number of fused-ring (bicyclic) bond motifs is 2. The number of aromatic amines is 1. The fourth-order valence-electron chi connectivity index (χ4n) is 3.24. The molecule has 0 bridgehead atoms. The van der Waals surface area contributed by atoms with Crippen molar-refractivity contribution >= 4 is 16.9 Å². The number of para-hydroxylation sites is 1. The summed E-state index contributed by atoms with van der Waals surface area (Å²) in [4.78, 5) is 22.0. The van der Waals surface area contributed by atoms with Crippen LogP contribution in [0, 0.1) is 0 Å². The Morgan fingerprint density at radius 3 is 2.96 bits per heavy atom. The van der Waals surface area contributed by atoms with E-state index in [1.807, 2.05) is 24.3 Å². The highest BCUT2D eigenvalue weighted by Gasteiger charge is 2.19. The highest BCUT2D eigenvalue weighted by atomic mass is 16.5. The molecule has 2 heterocycles. The molecule has 2 aromatic carbocycles. The van der Waals surface area contributed by atoms with Gasteiger partial charge in [-0.2, -0.15) is 0 Å². The second-order valence-electron chi connectivity index (χ2n) is 6.36. The van der Waals surface area contributed by atoms with E-state index in [0.29, 0.717) is 11.3 Å². The van der Waals surface area contributed by atoms with Gasteiger partial charge in [-0.1, -0.05) is 25.1 Å². The van der Waals surface area contributed by atoms with Crippen molar-refractivity contribution in [1.29, 1.82) is 0 Å². The monoisotopic (exact) mass is 335 g/mol. The number of rotatable bonds is 4. The normalized spacial score (nSPS) is 13.7. The lowest BCUT2D eigenvalue weighted by Gasteiger charge is -2.29. The van der Waals surface area contributed by atoms with Gasteiger partial charge >= 0.3 is 0 Å². The molecule has 0 aliphatic carbocycles. The molecular formula is C20H21N3O2. The topological polar surface area (TPSA) is 58.2 Å². The summed E-state index contributed by atoms with van der Waals surface area (Å²) in [5.74, 6) is 1.58. The molecule has 0 atom stereocenters. The molecule has 0 spiro atoms. The molecule has 0 radical (unpaired) electrons. The first kappa shape index (κ1) is 15.7. The molecule has 5 nitrogen and oxygen atoms in total. The molecule has 0 amide bonds. The highest BCUT2D eigenvalue weighted by Crippen LogP contribution is 2.26. The first-order valence-electron chi connectivity index (χ1n) is 8.73. The van der Waals surface area contributed by atoms with Crippen LogP contribution in [0.5, 0.6) is 5.75 Å². The Labute approximate surface area is 146 Å². The van der Waals surface area contributed by atoms with E-state index in [1.54, 1.807) is 6.07 Å². The van der Waals surface area contributed by atoms with Crippen molar-refractivity contribution in [3.63, 3.8) is 0 Å². The van der Waals surface area contributed by atoms with Crippen LogP contribution in [0.2, 0.25) is 0 Å². The summed E-state index contributed by atoms with van der Waals surface area (Å²) in [7, 11) is 0. The van der Waals surface area contributed by atoms with Crippen LogP contribution >= 0.6 is 0 Å². The van der Waals surface area contributed by atoms with E-state index in [9.17, 15) is 4.79 Å². The lowest BCUT2D eigenvalue weighted by Crippen LogP contribution is -2.33. The van der Waals surface area contributed by atoms with Gasteiger partial charge in [0.05, 0.1) is 17.5 Å². The maximum atomic E-state index is 12.3. The predicted octanol–water partition coefficient (Wildman–Crippen LogP) is 3.27. The molecule has 0 saturated heterocycles. The van der Waals surface area contributed by atoms with Gasteiger partial charge in [-0.25, -0.2) is 4.98 Å². The smallest absolute Gasteiger partial charge is 0.260 e. The van der Waals surface area contributed by atoms with E-state index in [-0.39, 0.29) is 5.56 Å². The Hall–Kier alpha value is -2.82. The third-order valence-electron chi connectivity index (χ3n) is 4.56. The molecule has 5 heteroatoms. The standard InChI is InChI=1S/C20H21N3O2/c1-2-11-25-16-8-7-15-13-23(10-9-14(15)12-16)20-21-18-6-4-3-5-17(18)19(24)22-20/h3-8,12H,2,9-11,13H2,1H3,(H,21,22,24). The number of H-pyrrole nitrogens is 1. The average molecular weight is 335 g/mol. The number of hydrogen-bond acceptors (Lipinski definition) is 4. The minimum atomic E-state index is -0.0882. The molecule has 1 N–H and O–H groups in total. The van der Waals surface area contributed by atoms with Crippen LogP contribution in [-0.4, -0.2) is 23.1 Å². The van der Waals surface area contributed by atoms with Crippen LogP contribution in [0.3, 0.4) is 0 Å². The first-order valence-corrected chi connectivity index (χ1v) is 8.73. The van der Waals surface area contributed by atoms with Crippen molar-refractivity contribution in [3.05, 3.63) is 63.9 Å². The minimum Gasteiger partial charge on any atom is -0.494 e. The SMILES string of the molecule is CCCOc1ccc2c(c1)CCN(c1nc3ccccc3c(=O)[nH]1)C2. The Kier molecular flexibility index (Phi) is 4.14. The zero-order valence-corrected chi connectivity index (χ0v) is 14.3. The molecule has 1 aromatic heterocycles. The minimum absolute atomic E-state index is 0.0882.